The lowest BCUT2D eigenvalue weighted by atomic mass is 10.1. The molecule has 1 aromatic heterocycles. The molecule has 2 rings (SSSR count). The van der Waals surface area contributed by atoms with Gasteiger partial charge >= 0.3 is 0 Å². The maximum atomic E-state index is 4.46. The van der Waals surface area contributed by atoms with E-state index in [9.17, 15) is 0 Å². The Labute approximate surface area is 95.5 Å². The van der Waals surface area contributed by atoms with Crippen LogP contribution in [0.3, 0.4) is 0 Å². The summed E-state index contributed by atoms with van der Waals surface area (Å²) in [5, 5.41) is 4.42. The molecule has 1 aliphatic carbocycles. The molecule has 1 saturated carbocycles. The van der Waals surface area contributed by atoms with Crippen LogP contribution in [-0.4, -0.2) is 15.9 Å². The number of nitrogens with one attached hydrogen (secondary N) is 1. The Kier molecular flexibility index (Phi) is 3.94. The van der Waals surface area contributed by atoms with Crippen LogP contribution >= 0.6 is 11.5 Å². The number of aryl methyl sites for hydroxylation is 1. The van der Waals surface area contributed by atoms with Crippen LogP contribution in [-0.2, 0) is 6.42 Å². The van der Waals surface area contributed by atoms with Crippen molar-refractivity contribution in [1.29, 1.82) is 0 Å². The molecule has 0 amide bonds. The summed E-state index contributed by atoms with van der Waals surface area (Å²) in [7, 11) is 0. The van der Waals surface area contributed by atoms with Crippen molar-refractivity contribution in [3.05, 3.63) is 5.82 Å². The van der Waals surface area contributed by atoms with Gasteiger partial charge in [-0.2, -0.15) is 4.37 Å². The van der Waals surface area contributed by atoms with Crippen molar-refractivity contribution in [1.82, 2.24) is 9.36 Å². The third kappa shape index (κ3) is 3.16. The van der Waals surface area contributed by atoms with E-state index < -0.39 is 0 Å². The second kappa shape index (κ2) is 5.45. The van der Waals surface area contributed by atoms with E-state index in [1.54, 1.807) is 0 Å². The molecule has 0 spiro atoms. The number of aromatic nitrogens is 2. The van der Waals surface area contributed by atoms with Gasteiger partial charge in [0, 0.05) is 24.5 Å². The van der Waals surface area contributed by atoms with Gasteiger partial charge in [0.1, 0.15) is 5.82 Å². The second-order valence-corrected chi connectivity index (χ2v) is 5.05. The van der Waals surface area contributed by atoms with Gasteiger partial charge in [-0.3, -0.25) is 0 Å². The lowest BCUT2D eigenvalue weighted by Gasteiger charge is -2.08. The topological polar surface area (TPSA) is 37.8 Å². The van der Waals surface area contributed by atoms with E-state index in [2.05, 4.69) is 21.6 Å². The van der Waals surface area contributed by atoms with Gasteiger partial charge in [-0.15, -0.1) is 0 Å². The van der Waals surface area contributed by atoms with E-state index in [4.69, 9.17) is 0 Å². The van der Waals surface area contributed by atoms with Crippen LogP contribution < -0.4 is 5.32 Å². The molecular formula is C11H19N3S. The molecule has 0 saturated heterocycles. The molecule has 0 bridgehead atoms. The van der Waals surface area contributed by atoms with Gasteiger partial charge in [-0.25, -0.2) is 4.98 Å². The van der Waals surface area contributed by atoms with Crippen LogP contribution in [0, 0.1) is 5.92 Å². The first-order chi connectivity index (χ1) is 7.38. The molecule has 1 N–H and O–H groups in total. The molecule has 1 heterocycles. The zero-order valence-electron chi connectivity index (χ0n) is 9.33. The van der Waals surface area contributed by atoms with E-state index in [0.29, 0.717) is 0 Å². The van der Waals surface area contributed by atoms with Crippen molar-refractivity contribution < 1.29 is 0 Å². The summed E-state index contributed by atoms with van der Waals surface area (Å²) in [4.78, 5) is 4.46. The number of hydrogen-bond acceptors (Lipinski definition) is 4. The summed E-state index contributed by atoms with van der Waals surface area (Å²) in [5.41, 5.74) is 0. The van der Waals surface area contributed by atoms with Crippen LogP contribution in [0.15, 0.2) is 0 Å². The fourth-order valence-corrected chi connectivity index (χ4v) is 2.72. The van der Waals surface area contributed by atoms with Crippen LogP contribution in [0.4, 0.5) is 5.13 Å². The van der Waals surface area contributed by atoms with Crippen LogP contribution in [0.1, 0.15) is 44.9 Å². The Morgan fingerprint density at radius 3 is 2.93 bits per heavy atom. The molecule has 15 heavy (non-hydrogen) atoms. The van der Waals surface area contributed by atoms with E-state index in [1.165, 1.54) is 37.2 Å². The zero-order valence-corrected chi connectivity index (χ0v) is 10.1. The highest BCUT2D eigenvalue weighted by atomic mass is 32.1. The van der Waals surface area contributed by atoms with E-state index in [-0.39, 0.29) is 0 Å². The molecule has 1 aromatic rings. The van der Waals surface area contributed by atoms with Crippen molar-refractivity contribution in [2.75, 3.05) is 11.9 Å². The summed E-state index contributed by atoms with van der Waals surface area (Å²) in [6.07, 6.45) is 7.70. The van der Waals surface area contributed by atoms with Crippen molar-refractivity contribution in [3.8, 4) is 0 Å². The highest BCUT2D eigenvalue weighted by Crippen LogP contribution is 2.25. The number of hydrogen-bond donors (Lipinski definition) is 1. The minimum absolute atomic E-state index is 0.864. The predicted molar refractivity (Wildman–Crippen MR) is 64.4 cm³/mol. The Bertz CT molecular complexity index is 292. The van der Waals surface area contributed by atoms with Gasteiger partial charge in [-0.1, -0.05) is 19.8 Å². The molecule has 0 aromatic carbocycles. The van der Waals surface area contributed by atoms with Gasteiger partial charge in [-0.05, 0) is 25.2 Å². The molecule has 0 aliphatic heterocycles. The summed E-state index contributed by atoms with van der Waals surface area (Å²) in [6.45, 7) is 3.24. The number of rotatable bonds is 5. The molecule has 1 fully saturated rings. The van der Waals surface area contributed by atoms with E-state index in [0.717, 1.165) is 36.3 Å². The molecule has 4 heteroatoms. The molecule has 1 aliphatic rings. The Morgan fingerprint density at radius 1 is 1.40 bits per heavy atom. The average Bonchev–Trinajstić information content (AvgIpc) is 2.85. The quantitative estimate of drug-likeness (QED) is 0.836. The Hall–Kier alpha value is -0.640. The van der Waals surface area contributed by atoms with Crippen molar-refractivity contribution in [2.45, 2.75) is 45.4 Å². The molecule has 0 atom stereocenters. The van der Waals surface area contributed by atoms with E-state index >= 15 is 0 Å². The third-order valence-electron chi connectivity index (χ3n) is 2.96. The van der Waals surface area contributed by atoms with Gasteiger partial charge in [0.05, 0.1) is 0 Å². The fraction of sp³-hybridized carbons (Fsp3) is 0.818. The molecule has 84 valence electrons. The SMILES string of the molecule is CCCc1nsc(NCC2CCCC2)n1. The maximum Gasteiger partial charge on any atom is 0.202 e. The smallest absolute Gasteiger partial charge is 0.202 e. The Balaban J connectivity index is 1.77. The second-order valence-electron chi connectivity index (χ2n) is 4.30. The first kappa shape index (κ1) is 10.9. The summed E-state index contributed by atoms with van der Waals surface area (Å²) in [6, 6.07) is 0. The fourth-order valence-electron chi connectivity index (χ4n) is 2.10. The van der Waals surface area contributed by atoms with Crippen LogP contribution in [0.25, 0.3) is 0 Å². The highest BCUT2D eigenvalue weighted by molar-refractivity contribution is 7.09. The first-order valence-corrected chi connectivity index (χ1v) is 6.72. The minimum Gasteiger partial charge on any atom is -0.360 e. The zero-order chi connectivity index (χ0) is 10.5. The van der Waals surface area contributed by atoms with Crippen LogP contribution in [0.2, 0.25) is 0 Å². The van der Waals surface area contributed by atoms with Crippen molar-refractivity contribution in [3.63, 3.8) is 0 Å². The number of nitrogens with zero attached hydrogens (tertiary/aromatic N) is 2. The van der Waals surface area contributed by atoms with Gasteiger partial charge in [0.25, 0.3) is 0 Å². The molecule has 0 radical (unpaired) electrons. The number of anilines is 1. The Morgan fingerprint density at radius 2 is 2.20 bits per heavy atom. The normalized spacial score (nSPS) is 17.1. The minimum atomic E-state index is 0.864. The maximum absolute atomic E-state index is 4.46. The summed E-state index contributed by atoms with van der Waals surface area (Å²) in [5.74, 6) is 1.86. The van der Waals surface area contributed by atoms with Crippen molar-refractivity contribution in [2.24, 2.45) is 5.92 Å². The van der Waals surface area contributed by atoms with Crippen molar-refractivity contribution >= 4 is 16.7 Å². The third-order valence-corrected chi connectivity index (χ3v) is 3.67. The lowest BCUT2D eigenvalue weighted by Crippen LogP contribution is -2.10. The highest BCUT2D eigenvalue weighted by Gasteiger charge is 2.15. The van der Waals surface area contributed by atoms with Gasteiger partial charge < -0.3 is 5.32 Å². The molecule has 0 unspecified atom stereocenters. The molecule has 3 nitrogen and oxygen atoms in total. The van der Waals surface area contributed by atoms with Gasteiger partial charge in [0.15, 0.2) is 0 Å². The largest absolute Gasteiger partial charge is 0.360 e. The standard InChI is InChI=1S/C11H19N3S/c1-2-5-10-13-11(15-14-10)12-8-9-6-3-4-7-9/h9H,2-8H2,1H3,(H,12,13,14). The molecular weight excluding hydrogens is 206 g/mol. The summed E-state index contributed by atoms with van der Waals surface area (Å²) >= 11 is 1.50. The first-order valence-electron chi connectivity index (χ1n) is 5.95. The van der Waals surface area contributed by atoms with E-state index in [1.807, 2.05) is 0 Å². The average molecular weight is 225 g/mol. The monoisotopic (exact) mass is 225 g/mol. The lowest BCUT2D eigenvalue weighted by molar-refractivity contribution is 0.579. The summed E-state index contributed by atoms with van der Waals surface area (Å²) < 4.78 is 4.32. The van der Waals surface area contributed by atoms with Gasteiger partial charge in [0.2, 0.25) is 5.13 Å². The predicted octanol–water partition coefficient (Wildman–Crippen LogP) is 3.09. The van der Waals surface area contributed by atoms with Crippen LogP contribution in [0.5, 0.6) is 0 Å².